The zero-order valence-corrected chi connectivity index (χ0v) is 23.9. The molecule has 9 nitrogen and oxygen atoms in total. The molecule has 1 aromatic carbocycles. The summed E-state index contributed by atoms with van der Waals surface area (Å²) in [6.45, 7) is 5.62. The van der Waals surface area contributed by atoms with Gasteiger partial charge in [-0.15, -0.1) is 10.2 Å². The molecule has 0 spiro atoms. The Morgan fingerprint density at radius 2 is 1.69 bits per heavy atom. The van der Waals surface area contributed by atoms with Crippen LogP contribution in [0, 0.1) is 5.92 Å². The van der Waals surface area contributed by atoms with E-state index < -0.39 is 11.7 Å². The highest BCUT2D eigenvalue weighted by Gasteiger charge is 2.36. The highest BCUT2D eigenvalue weighted by Crippen LogP contribution is 2.33. The number of rotatable bonds is 10. The largest absolute Gasteiger partial charge is 0.444 e. The van der Waals surface area contributed by atoms with Crippen LogP contribution in [0.15, 0.2) is 30.3 Å². The fourth-order valence-corrected chi connectivity index (χ4v) is 6.28. The Morgan fingerprint density at radius 1 is 1.03 bits per heavy atom. The highest BCUT2D eigenvalue weighted by molar-refractivity contribution is 5.77. The monoisotopic (exact) mass is 538 g/mol. The number of benzene rings is 1. The van der Waals surface area contributed by atoms with E-state index in [-0.39, 0.29) is 24.0 Å². The maximum Gasteiger partial charge on any atom is 0.407 e. The fourth-order valence-electron chi connectivity index (χ4n) is 6.28. The summed E-state index contributed by atoms with van der Waals surface area (Å²) in [5, 5.41) is 18.2. The fraction of sp³-hybridized carbons (Fsp3) is 0.700. The van der Waals surface area contributed by atoms with Crippen molar-refractivity contribution in [2.24, 2.45) is 5.92 Å². The van der Waals surface area contributed by atoms with Gasteiger partial charge in [0.2, 0.25) is 5.91 Å². The van der Waals surface area contributed by atoms with Crippen molar-refractivity contribution < 1.29 is 14.3 Å². The van der Waals surface area contributed by atoms with Crippen LogP contribution in [-0.2, 0) is 16.0 Å². The summed E-state index contributed by atoms with van der Waals surface area (Å²) in [5.74, 6) is 1.01. The van der Waals surface area contributed by atoms with Crippen LogP contribution in [0.4, 0.5) is 4.79 Å². The number of hydrogen-bond acceptors (Lipinski definition) is 6. The van der Waals surface area contributed by atoms with Crippen LogP contribution in [0.25, 0.3) is 0 Å². The molecule has 0 bridgehead atoms. The van der Waals surface area contributed by atoms with Gasteiger partial charge >= 0.3 is 6.09 Å². The molecule has 0 radical (unpaired) electrons. The average molecular weight is 539 g/mol. The van der Waals surface area contributed by atoms with Crippen LogP contribution in [-0.4, -0.2) is 55.2 Å². The lowest BCUT2D eigenvalue weighted by molar-refractivity contribution is -0.138. The normalized spacial score (nSPS) is 18.7. The van der Waals surface area contributed by atoms with Gasteiger partial charge in [-0.3, -0.25) is 4.79 Å². The SMILES string of the molecule is CC(C)(C)OC(=O)N[C@@H](CCC(=O)N(C1CCCCC1)C(Cc1ccccc1)c1nn[nH]n1)C1CCCCC1. The van der Waals surface area contributed by atoms with Crippen molar-refractivity contribution in [1.82, 2.24) is 30.8 Å². The Bertz CT molecular complexity index is 1010. The standard InChI is InChI=1S/C30H46N6O3/c1-30(2,3)39-29(38)31-25(23-15-9-5-10-16-23)19-20-27(37)36(24-17-11-6-12-18-24)26(28-32-34-35-33-28)21-22-13-7-4-8-14-22/h4,7-8,13-14,23-26H,5-6,9-12,15-21H2,1-3H3,(H,31,38)(H,32,33,34,35)/t25-,26?/m0/s1. The average Bonchev–Trinajstić information content (AvgIpc) is 3.46. The second-order valence-corrected chi connectivity index (χ2v) is 12.3. The minimum Gasteiger partial charge on any atom is -0.444 e. The number of ether oxygens (including phenoxy) is 1. The van der Waals surface area contributed by atoms with Gasteiger partial charge in [0, 0.05) is 24.9 Å². The Morgan fingerprint density at radius 3 is 2.31 bits per heavy atom. The minimum atomic E-state index is -0.565. The number of nitrogens with zero attached hydrogens (tertiary/aromatic N) is 4. The lowest BCUT2D eigenvalue weighted by Crippen LogP contribution is -2.47. The molecule has 39 heavy (non-hydrogen) atoms. The first kappa shape index (κ1) is 29.0. The molecule has 214 valence electrons. The van der Waals surface area contributed by atoms with Crippen LogP contribution in [0.3, 0.4) is 0 Å². The number of carbonyl (C=O) groups excluding carboxylic acids is 2. The number of amides is 2. The number of nitrogens with one attached hydrogen (secondary N) is 2. The highest BCUT2D eigenvalue weighted by atomic mass is 16.6. The van der Waals surface area contributed by atoms with Gasteiger partial charge in [-0.25, -0.2) is 4.79 Å². The molecule has 1 aromatic heterocycles. The van der Waals surface area contributed by atoms with Gasteiger partial charge in [0.1, 0.15) is 5.60 Å². The van der Waals surface area contributed by atoms with Gasteiger partial charge in [0.25, 0.3) is 0 Å². The molecule has 2 N–H and O–H groups in total. The molecule has 2 saturated carbocycles. The summed E-state index contributed by atoms with van der Waals surface area (Å²) in [5.41, 5.74) is 0.567. The summed E-state index contributed by atoms with van der Waals surface area (Å²) < 4.78 is 5.59. The van der Waals surface area contributed by atoms with E-state index >= 15 is 0 Å². The van der Waals surface area contributed by atoms with Gasteiger partial charge in [-0.2, -0.15) is 5.21 Å². The van der Waals surface area contributed by atoms with Crippen molar-refractivity contribution in [2.45, 2.75) is 128 Å². The van der Waals surface area contributed by atoms with Crippen molar-refractivity contribution in [2.75, 3.05) is 0 Å². The van der Waals surface area contributed by atoms with Crippen LogP contribution in [0.2, 0.25) is 0 Å². The summed E-state index contributed by atoms with van der Waals surface area (Å²) >= 11 is 0. The number of aromatic nitrogens is 4. The van der Waals surface area contributed by atoms with Crippen molar-refractivity contribution in [3.63, 3.8) is 0 Å². The smallest absolute Gasteiger partial charge is 0.407 e. The first-order chi connectivity index (χ1) is 18.8. The van der Waals surface area contributed by atoms with Gasteiger partial charge < -0.3 is 15.0 Å². The number of hydrogen-bond donors (Lipinski definition) is 2. The van der Waals surface area contributed by atoms with E-state index in [1.165, 1.54) is 12.8 Å². The maximum atomic E-state index is 14.2. The number of aromatic amines is 1. The molecule has 2 aromatic rings. The predicted molar refractivity (Wildman–Crippen MR) is 150 cm³/mol. The minimum absolute atomic E-state index is 0.0879. The Hall–Kier alpha value is -2.97. The van der Waals surface area contributed by atoms with E-state index in [9.17, 15) is 9.59 Å². The molecule has 2 aliphatic carbocycles. The van der Waals surface area contributed by atoms with E-state index in [2.05, 4.69) is 43.0 Å². The molecule has 2 aliphatic rings. The van der Waals surface area contributed by atoms with E-state index in [1.807, 2.05) is 39.0 Å². The van der Waals surface area contributed by atoms with Crippen molar-refractivity contribution >= 4 is 12.0 Å². The molecular formula is C30H46N6O3. The summed E-state index contributed by atoms with van der Waals surface area (Å²) in [4.78, 5) is 29.0. The van der Waals surface area contributed by atoms with Crippen molar-refractivity contribution in [1.29, 1.82) is 0 Å². The molecule has 9 heteroatoms. The molecular weight excluding hydrogens is 492 g/mol. The molecule has 1 heterocycles. The molecule has 1 unspecified atom stereocenters. The molecule has 4 rings (SSSR count). The van der Waals surface area contributed by atoms with E-state index in [0.29, 0.717) is 31.0 Å². The summed E-state index contributed by atoms with van der Waals surface area (Å²) in [6, 6.07) is 9.97. The van der Waals surface area contributed by atoms with Crippen LogP contribution in [0.5, 0.6) is 0 Å². The van der Waals surface area contributed by atoms with Crippen molar-refractivity contribution in [3.8, 4) is 0 Å². The lowest BCUT2D eigenvalue weighted by Gasteiger charge is -2.39. The third-order valence-corrected chi connectivity index (χ3v) is 8.11. The quantitative estimate of drug-likeness (QED) is 0.389. The third kappa shape index (κ3) is 8.77. The topological polar surface area (TPSA) is 113 Å². The first-order valence-corrected chi connectivity index (χ1v) is 14.9. The first-order valence-electron chi connectivity index (χ1n) is 14.9. The molecule has 2 fully saturated rings. The molecule has 0 saturated heterocycles. The van der Waals surface area contributed by atoms with E-state index in [1.54, 1.807) is 0 Å². The molecule has 0 aliphatic heterocycles. The Balaban J connectivity index is 1.54. The van der Waals surface area contributed by atoms with Gasteiger partial charge in [0.15, 0.2) is 5.82 Å². The Labute approximate surface area is 232 Å². The van der Waals surface area contributed by atoms with Crippen LogP contribution in [0.1, 0.15) is 115 Å². The zero-order valence-electron chi connectivity index (χ0n) is 23.9. The van der Waals surface area contributed by atoms with E-state index in [0.717, 1.165) is 56.9 Å². The van der Waals surface area contributed by atoms with Gasteiger partial charge in [-0.1, -0.05) is 74.1 Å². The van der Waals surface area contributed by atoms with Crippen LogP contribution < -0.4 is 5.32 Å². The second-order valence-electron chi connectivity index (χ2n) is 12.3. The summed E-state index contributed by atoms with van der Waals surface area (Å²) in [6.07, 6.45) is 12.3. The van der Waals surface area contributed by atoms with E-state index in [4.69, 9.17) is 4.74 Å². The predicted octanol–water partition coefficient (Wildman–Crippen LogP) is 5.90. The number of H-pyrrole nitrogens is 1. The number of carbonyl (C=O) groups is 2. The number of tetrazole rings is 1. The van der Waals surface area contributed by atoms with Gasteiger partial charge in [0.05, 0.1) is 6.04 Å². The third-order valence-electron chi connectivity index (χ3n) is 8.11. The van der Waals surface area contributed by atoms with Gasteiger partial charge in [-0.05, 0) is 64.4 Å². The number of alkyl carbamates (subject to hydrolysis) is 1. The lowest BCUT2D eigenvalue weighted by atomic mass is 9.82. The Kier molecular flexibility index (Phi) is 10.3. The molecule has 2 amide bonds. The second kappa shape index (κ2) is 13.9. The summed E-state index contributed by atoms with van der Waals surface area (Å²) in [7, 11) is 0. The zero-order chi connectivity index (χ0) is 27.7. The maximum absolute atomic E-state index is 14.2. The molecule has 2 atom stereocenters. The van der Waals surface area contributed by atoms with Crippen molar-refractivity contribution in [3.05, 3.63) is 41.7 Å². The van der Waals surface area contributed by atoms with Crippen LogP contribution >= 0.6 is 0 Å².